The van der Waals surface area contributed by atoms with Gasteiger partial charge in [0.25, 0.3) is 11.8 Å². The molecule has 0 saturated heterocycles. The zero-order valence-corrected chi connectivity index (χ0v) is 16.2. The number of hydrogen-bond donors (Lipinski definition) is 2. The Morgan fingerprint density at radius 2 is 1.71 bits per heavy atom. The van der Waals surface area contributed by atoms with Crippen molar-refractivity contribution >= 4 is 29.5 Å². The van der Waals surface area contributed by atoms with Gasteiger partial charge in [0.05, 0.1) is 11.3 Å². The van der Waals surface area contributed by atoms with Gasteiger partial charge in [0.2, 0.25) is 5.91 Å². The van der Waals surface area contributed by atoms with E-state index in [1.165, 1.54) is 40.9 Å². The topological polar surface area (TPSA) is 87.7 Å². The molecule has 0 atom stereocenters. The molecule has 148 valence electrons. The quantitative estimate of drug-likeness (QED) is 0.542. The zero-order chi connectivity index (χ0) is 20.5. The molecule has 0 saturated carbocycles. The van der Waals surface area contributed by atoms with Gasteiger partial charge < -0.3 is 9.64 Å². The molecule has 2 rings (SSSR count). The Balaban J connectivity index is 1.86. The van der Waals surface area contributed by atoms with E-state index in [1.807, 2.05) is 0 Å². The second kappa shape index (κ2) is 10.3. The van der Waals surface area contributed by atoms with Gasteiger partial charge in [-0.3, -0.25) is 25.2 Å². The summed E-state index contributed by atoms with van der Waals surface area (Å²) >= 11 is 1.23. The van der Waals surface area contributed by atoms with E-state index >= 15 is 0 Å². The summed E-state index contributed by atoms with van der Waals surface area (Å²) in [6.07, 6.45) is 0. The number of rotatable bonds is 7. The molecule has 0 aliphatic rings. The molecular weight excluding hydrogens is 385 g/mol. The van der Waals surface area contributed by atoms with Crippen LogP contribution in [0.2, 0.25) is 0 Å². The summed E-state index contributed by atoms with van der Waals surface area (Å²) in [4.78, 5) is 38.0. The lowest BCUT2D eigenvalue weighted by atomic mass is 10.2. The van der Waals surface area contributed by atoms with Crippen molar-refractivity contribution in [3.63, 3.8) is 0 Å². The minimum absolute atomic E-state index is 0.0774. The number of nitrogens with zero attached hydrogens (tertiary/aromatic N) is 1. The second-order valence-corrected chi connectivity index (χ2v) is 6.84. The first-order valence-electron chi connectivity index (χ1n) is 8.26. The summed E-state index contributed by atoms with van der Waals surface area (Å²) in [5, 5.41) is 0. The van der Waals surface area contributed by atoms with E-state index in [9.17, 15) is 18.8 Å². The van der Waals surface area contributed by atoms with Gasteiger partial charge in [0, 0.05) is 19.0 Å². The summed E-state index contributed by atoms with van der Waals surface area (Å²) in [6, 6.07) is 12.0. The highest BCUT2D eigenvalue weighted by atomic mass is 32.2. The van der Waals surface area contributed by atoms with Crippen molar-refractivity contribution in [2.75, 3.05) is 26.5 Å². The molecule has 7 nitrogen and oxygen atoms in total. The Hall–Kier alpha value is -3.07. The van der Waals surface area contributed by atoms with Gasteiger partial charge in [0.15, 0.2) is 6.61 Å². The molecule has 0 aromatic heterocycles. The summed E-state index contributed by atoms with van der Waals surface area (Å²) in [5.74, 6) is -1.06. The molecule has 3 amide bonds. The summed E-state index contributed by atoms with van der Waals surface area (Å²) < 4.78 is 18.0. The maximum atomic E-state index is 12.8. The lowest BCUT2D eigenvalue weighted by Crippen LogP contribution is -2.44. The van der Waals surface area contributed by atoms with E-state index in [2.05, 4.69) is 10.9 Å². The van der Waals surface area contributed by atoms with Crippen molar-refractivity contribution in [2.24, 2.45) is 0 Å². The molecule has 0 unspecified atom stereocenters. The number of halogens is 1. The normalized spacial score (nSPS) is 10.1. The van der Waals surface area contributed by atoms with Crippen molar-refractivity contribution in [1.29, 1.82) is 0 Å². The highest BCUT2D eigenvalue weighted by Crippen LogP contribution is 2.22. The zero-order valence-electron chi connectivity index (χ0n) is 15.4. The molecule has 28 heavy (non-hydrogen) atoms. The molecule has 0 fully saturated rings. The van der Waals surface area contributed by atoms with Crippen LogP contribution in [0.5, 0.6) is 5.75 Å². The predicted octanol–water partition coefficient (Wildman–Crippen LogP) is 1.85. The predicted molar refractivity (Wildman–Crippen MR) is 103 cm³/mol. The summed E-state index contributed by atoms with van der Waals surface area (Å²) in [6.45, 7) is -0.348. The van der Waals surface area contributed by atoms with Crippen molar-refractivity contribution in [3.8, 4) is 5.75 Å². The second-order valence-electron chi connectivity index (χ2n) is 5.82. The van der Waals surface area contributed by atoms with Crippen LogP contribution in [0.4, 0.5) is 4.39 Å². The fraction of sp³-hybridized carbons (Fsp3) is 0.211. The summed E-state index contributed by atoms with van der Waals surface area (Å²) in [5.41, 5.74) is 4.89. The van der Waals surface area contributed by atoms with Crippen molar-refractivity contribution < 1.29 is 23.5 Å². The van der Waals surface area contributed by atoms with E-state index in [-0.39, 0.29) is 18.3 Å². The number of thioether (sulfide) groups is 1. The SMILES string of the molecule is CN(C)C(=O)CSc1ccccc1C(=O)NNC(=O)COc1ccc(F)cc1. The molecule has 2 N–H and O–H groups in total. The smallest absolute Gasteiger partial charge is 0.276 e. The van der Waals surface area contributed by atoms with Gasteiger partial charge in [-0.2, -0.15) is 0 Å². The van der Waals surface area contributed by atoms with E-state index in [4.69, 9.17) is 4.74 Å². The number of amides is 3. The van der Waals surface area contributed by atoms with Crippen LogP contribution in [0.25, 0.3) is 0 Å². The van der Waals surface area contributed by atoms with Gasteiger partial charge in [0.1, 0.15) is 11.6 Å². The number of carbonyl (C=O) groups is 3. The average molecular weight is 405 g/mol. The first kappa shape index (κ1) is 21.2. The highest BCUT2D eigenvalue weighted by molar-refractivity contribution is 8.00. The third-order valence-corrected chi connectivity index (χ3v) is 4.54. The largest absolute Gasteiger partial charge is 0.484 e. The highest BCUT2D eigenvalue weighted by Gasteiger charge is 2.14. The Bertz CT molecular complexity index is 843. The van der Waals surface area contributed by atoms with E-state index in [0.29, 0.717) is 16.2 Å². The Kier molecular flexibility index (Phi) is 7.82. The Morgan fingerprint density at radius 3 is 2.39 bits per heavy atom. The minimum Gasteiger partial charge on any atom is -0.484 e. The molecule has 0 aliphatic carbocycles. The van der Waals surface area contributed by atoms with Crippen LogP contribution in [0.1, 0.15) is 10.4 Å². The van der Waals surface area contributed by atoms with Gasteiger partial charge in [-0.25, -0.2) is 4.39 Å². The Morgan fingerprint density at radius 1 is 1.04 bits per heavy atom. The molecule has 2 aromatic carbocycles. The molecule has 0 spiro atoms. The van der Waals surface area contributed by atoms with Gasteiger partial charge >= 0.3 is 0 Å². The third-order valence-electron chi connectivity index (χ3n) is 3.48. The molecule has 9 heteroatoms. The number of hydrogen-bond acceptors (Lipinski definition) is 5. The number of carbonyl (C=O) groups excluding carboxylic acids is 3. The van der Waals surface area contributed by atoms with Crippen LogP contribution in [0.15, 0.2) is 53.4 Å². The number of benzene rings is 2. The number of nitrogens with one attached hydrogen (secondary N) is 2. The molecular formula is C19H20FN3O4S. The minimum atomic E-state index is -0.578. The van der Waals surface area contributed by atoms with Crippen LogP contribution in [0, 0.1) is 5.82 Å². The van der Waals surface area contributed by atoms with Crippen LogP contribution < -0.4 is 15.6 Å². The van der Waals surface area contributed by atoms with Crippen LogP contribution >= 0.6 is 11.8 Å². The lowest BCUT2D eigenvalue weighted by Gasteiger charge is -2.13. The first-order valence-corrected chi connectivity index (χ1v) is 9.25. The average Bonchev–Trinajstić information content (AvgIpc) is 2.69. The van der Waals surface area contributed by atoms with Crippen molar-refractivity contribution in [3.05, 3.63) is 59.9 Å². The molecule has 0 bridgehead atoms. The number of ether oxygens (including phenoxy) is 1. The van der Waals surface area contributed by atoms with E-state index < -0.39 is 17.6 Å². The molecule has 0 aliphatic heterocycles. The van der Waals surface area contributed by atoms with Crippen LogP contribution in [0.3, 0.4) is 0 Å². The molecule has 0 heterocycles. The lowest BCUT2D eigenvalue weighted by molar-refractivity contribution is -0.126. The van der Waals surface area contributed by atoms with Crippen LogP contribution in [-0.4, -0.2) is 49.1 Å². The number of hydrazine groups is 1. The van der Waals surface area contributed by atoms with Gasteiger partial charge in [-0.15, -0.1) is 11.8 Å². The third kappa shape index (κ3) is 6.58. The van der Waals surface area contributed by atoms with Crippen molar-refractivity contribution in [1.82, 2.24) is 15.8 Å². The standard InChI is InChI=1S/C19H20FN3O4S/c1-23(2)18(25)12-28-16-6-4-3-5-15(16)19(26)22-21-17(24)11-27-14-9-7-13(20)8-10-14/h3-10H,11-12H2,1-2H3,(H,21,24)(H,22,26). The monoisotopic (exact) mass is 405 g/mol. The van der Waals surface area contributed by atoms with Gasteiger partial charge in [-0.1, -0.05) is 12.1 Å². The van der Waals surface area contributed by atoms with Crippen molar-refractivity contribution in [2.45, 2.75) is 4.90 Å². The maximum absolute atomic E-state index is 12.8. The fourth-order valence-corrected chi connectivity index (χ4v) is 2.99. The molecule has 2 aromatic rings. The van der Waals surface area contributed by atoms with E-state index in [1.54, 1.807) is 38.4 Å². The summed E-state index contributed by atoms with van der Waals surface area (Å²) in [7, 11) is 3.32. The molecule has 0 radical (unpaired) electrons. The van der Waals surface area contributed by atoms with E-state index in [0.717, 1.165) is 0 Å². The first-order chi connectivity index (χ1) is 13.4. The van der Waals surface area contributed by atoms with Crippen LogP contribution in [-0.2, 0) is 9.59 Å². The van der Waals surface area contributed by atoms with Gasteiger partial charge in [-0.05, 0) is 36.4 Å². The Labute approximate surface area is 166 Å². The fourth-order valence-electron chi connectivity index (χ4n) is 1.96. The maximum Gasteiger partial charge on any atom is 0.276 e.